The quantitative estimate of drug-likeness (QED) is 0.858. The highest BCUT2D eigenvalue weighted by atomic mass is 32.1. The number of hydrogen-bond acceptors (Lipinski definition) is 3. The van der Waals surface area contributed by atoms with Crippen molar-refractivity contribution in [2.75, 3.05) is 20.1 Å². The minimum Gasteiger partial charge on any atom is -0.314 e. The summed E-state index contributed by atoms with van der Waals surface area (Å²) < 4.78 is 0. The Bertz CT molecular complexity index is 375. The number of thiophene rings is 1. The molecule has 1 saturated heterocycles. The van der Waals surface area contributed by atoms with E-state index in [2.05, 4.69) is 43.2 Å². The summed E-state index contributed by atoms with van der Waals surface area (Å²) in [5.41, 5.74) is 0. The van der Waals surface area contributed by atoms with Crippen molar-refractivity contribution >= 4 is 11.3 Å². The van der Waals surface area contributed by atoms with Gasteiger partial charge in [0.25, 0.3) is 0 Å². The lowest BCUT2D eigenvalue weighted by atomic mass is 10.00. The molecule has 0 aromatic carbocycles. The maximum absolute atomic E-state index is 3.69. The van der Waals surface area contributed by atoms with Crippen LogP contribution in [-0.2, 0) is 6.42 Å². The zero-order chi connectivity index (χ0) is 13.7. The van der Waals surface area contributed by atoms with Gasteiger partial charge in [0.05, 0.1) is 0 Å². The van der Waals surface area contributed by atoms with Crippen LogP contribution >= 0.6 is 11.3 Å². The highest BCUT2D eigenvalue weighted by molar-refractivity contribution is 7.11. The van der Waals surface area contributed by atoms with E-state index in [1.807, 2.05) is 11.3 Å². The lowest BCUT2D eigenvalue weighted by Gasteiger charge is -2.32. The van der Waals surface area contributed by atoms with E-state index in [1.54, 1.807) is 0 Å². The van der Waals surface area contributed by atoms with E-state index in [-0.39, 0.29) is 0 Å². The minimum atomic E-state index is 0.590. The Hall–Kier alpha value is -0.380. The van der Waals surface area contributed by atoms with Gasteiger partial charge in [0.1, 0.15) is 0 Å². The number of hydrogen-bond donors (Lipinski definition) is 1. The summed E-state index contributed by atoms with van der Waals surface area (Å²) in [6.07, 6.45) is 6.65. The molecule has 2 atom stereocenters. The first-order valence-electron chi connectivity index (χ1n) is 7.64. The maximum atomic E-state index is 3.69. The van der Waals surface area contributed by atoms with Crippen LogP contribution in [0.25, 0.3) is 0 Å². The maximum Gasteiger partial charge on any atom is 0.0104 e. The standard InChI is InChI=1S/C16H28N2S/c1-13(12-16-8-7-14(2)19-16)17-10-9-15-6-4-5-11-18(15)3/h7-8,13,15,17H,4-6,9-12H2,1-3H3. The fourth-order valence-electron chi connectivity index (χ4n) is 2.97. The molecule has 0 spiro atoms. The van der Waals surface area contributed by atoms with Crippen molar-refractivity contribution < 1.29 is 0 Å². The first kappa shape index (κ1) is 15.0. The minimum absolute atomic E-state index is 0.590. The Balaban J connectivity index is 1.64. The van der Waals surface area contributed by atoms with E-state index in [9.17, 15) is 0 Å². The van der Waals surface area contributed by atoms with Gasteiger partial charge in [0.2, 0.25) is 0 Å². The summed E-state index contributed by atoms with van der Waals surface area (Å²) in [7, 11) is 2.28. The lowest BCUT2D eigenvalue weighted by Crippen LogP contribution is -2.39. The topological polar surface area (TPSA) is 15.3 Å². The summed E-state index contributed by atoms with van der Waals surface area (Å²) in [5.74, 6) is 0. The third kappa shape index (κ3) is 4.90. The van der Waals surface area contributed by atoms with Crippen molar-refractivity contribution in [3.63, 3.8) is 0 Å². The molecule has 0 amide bonds. The first-order chi connectivity index (χ1) is 9.15. The van der Waals surface area contributed by atoms with Crippen LogP contribution in [0.4, 0.5) is 0 Å². The largest absolute Gasteiger partial charge is 0.314 e. The average molecular weight is 280 g/mol. The molecule has 19 heavy (non-hydrogen) atoms. The van der Waals surface area contributed by atoms with E-state index in [4.69, 9.17) is 0 Å². The molecule has 2 nitrogen and oxygen atoms in total. The van der Waals surface area contributed by atoms with Crippen molar-refractivity contribution in [2.45, 2.75) is 58.0 Å². The molecule has 0 aliphatic carbocycles. The van der Waals surface area contributed by atoms with E-state index >= 15 is 0 Å². The number of nitrogens with zero attached hydrogens (tertiary/aromatic N) is 1. The van der Waals surface area contributed by atoms with Crippen LogP contribution in [-0.4, -0.2) is 37.1 Å². The van der Waals surface area contributed by atoms with Gasteiger partial charge >= 0.3 is 0 Å². The first-order valence-corrected chi connectivity index (χ1v) is 8.45. The predicted molar refractivity (Wildman–Crippen MR) is 85.1 cm³/mol. The Labute approximate surface area is 122 Å². The highest BCUT2D eigenvalue weighted by Gasteiger charge is 2.18. The summed E-state index contributed by atoms with van der Waals surface area (Å²) in [6.45, 7) is 6.93. The Morgan fingerprint density at radius 3 is 2.95 bits per heavy atom. The van der Waals surface area contributed by atoms with E-state index in [1.165, 1.54) is 48.4 Å². The van der Waals surface area contributed by atoms with Gasteiger partial charge < -0.3 is 10.2 Å². The second-order valence-corrected chi connectivity index (χ2v) is 7.36. The van der Waals surface area contributed by atoms with Crippen LogP contribution in [0.2, 0.25) is 0 Å². The molecule has 2 heterocycles. The molecule has 1 aliphatic heterocycles. The number of nitrogens with one attached hydrogen (secondary N) is 1. The number of rotatable bonds is 6. The molecule has 1 aliphatic rings. The molecule has 1 N–H and O–H groups in total. The lowest BCUT2D eigenvalue weighted by molar-refractivity contribution is 0.174. The van der Waals surface area contributed by atoms with Crippen LogP contribution in [0.3, 0.4) is 0 Å². The molecule has 3 heteroatoms. The summed E-state index contributed by atoms with van der Waals surface area (Å²) in [6, 6.07) is 5.89. The van der Waals surface area contributed by atoms with Gasteiger partial charge in [0, 0.05) is 21.8 Å². The van der Waals surface area contributed by atoms with E-state index in [0.29, 0.717) is 6.04 Å². The van der Waals surface area contributed by atoms with Crippen molar-refractivity contribution in [1.29, 1.82) is 0 Å². The fraction of sp³-hybridized carbons (Fsp3) is 0.750. The molecule has 1 aromatic rings. The van der Waals surface area contributed by atoms with Gasteiger partial charge in [-0.05, 0) is 71.8 Å². The summed E-state index contributed by atoms with van der Waals surface area (Å²) in [4.78, 5) is 5.47. The monoisotopic (exact) mass is 280 g/mol. The Morgan fingerprint density at radius 1 is 1.42 bits per heavy atom. The average Bonchev–Trinajstić information content (AvgIpc) is 2.77. The molecule has 1 fully saturated rings. The molecule has 0 saturated carbocycles. The van der Waals surface area contributed by atoms with Crippen LogP contribution in [0.1, 0.15) is 42.4 Å². The Morgan fingerprint density at radius 2 is 2.26 bits per heavy atom. The Kier molecular flexibility index (Phi) is 5.86. The fourth-order valence-corrected chi connectivity index (χ4v) is 3.99. The molecular formula is C16H28N2S. The predicted octanol–water partition coefficient (Wildman–Crippen LogP) is 3.45. The van der Waals surface area contributed by atoms with E-state index in [0.717, 1.165) is 12.6 Å². The van der Waals surface area contributed by atoms with Gasteiger partial charge in [-0.15, -0.1) is 11.3 Å². The molecule has 2 unspecified atom stereocenters. The van der Waals surface area contributed by atoms with Crippen molar-refractivity contribution in [3.05, 3.63) is 21.9 Å². The van der Waals surface area contributed by atoms with Crippen LogP contribution in [0.5, 0.6) is 0 Å². The van der Waals surface area contributed by atoms with Gasteiger partial charge in [-0.25, -0.2) is 0 Å². The molecule has 0 bridgehead atoms. The summed E-state index contributed by atoms with van der Waals surface area (Å²) in [5, 5.41) is 3.69. The number of aryl methyl sites for hydroxylation is 1. The number of piperidine rings is 1. The van der Waals surface area contributed by atoms with Gasteiger partial charge in [-0.2, -0.15) is 0 Å². The molecule has 1 aromatic heterocycles. The molecular weight excluding hydrogens is 252 g/mol. The van der Waals surface area contributed by atoms with Crippen LogP contribution < -0.4 is 5.32 Å². The summed E-state index contributed by atoms with van der Waals surface area (Å²) >= 11 is 1.93. The second-order valence-electron chi connectivity index (χ2n) is 5.99. The van der Waals surface area contributed by atoms with Crippen molar-refractivity contribution in [3.8, 4) is 0 Å². The van der Waals surface area contributed by atoms with E-state index < -0.39 is 0 Å². The smallest absolute Gasteiger partial charge is 0.0104 e. The normalized spacial score (nSPS) is 22.6. The molecule has 0 radical (unpaired) electrons. The zero-order valence-electron chi connectivity index (χ0n) is 12.6. The third-order valence-corrected chi connectivity index (χ3v) is 5.22. The molecule has 2 rings (SSSR count). The van der Waals surface area contributed by atoms with Crippen molar-refractivity contribution in [2.24, 2.45) is 0 Å². The SMILES string of the molecule is Cc1ccc(CC(C)NCCC2CCCCN2C)s1. The zero-order valence-corrected chi connectivity index (χ0v) is 13.4. The molecule has 108 valence electrons. The van der Waals surface area contributed by atoms with Crippen molar-refractivity contribution in [1.82, 2.24) is 10.2 Å². The third-order valence-electron chi connectivity index (χ3n) is 4.20. The van der Waals surface area contributed by atoms with Gasteiger partial charge in [-0.3, -0.25) is 0 Å². The highest BCUT2D eigenvalue weighted by Crippen LogP contribution is 2.18. The number of likely N-dealkylation sites (tertiary alicyclic amines) is 1. The van der Waals surface area contributed by atoms with Crippen LogP contribution in [0.15, 0.2) is 12.1 Å². The van der Waals surface area contributed by atoms with Gasteiger partial charge in [0.15, 0.2) is 0 Å². The van der Waals surface area contributed by atoms with Crippen LogP contribution in [0, 0.1) is 6.92 Å². The second kappa shape index (κ2) is 7.41. The van der Waals surface area contributed by atoms with Gasteiger partial charge in [-0.1, -0.05) is 6.42 Å².